The van der Waals surface area contributed by atoms with Crippen LogP contribution in [-0.2, 0) is 47.5 Å². The van der Waals surface area contributed by atoms with Crippen LogP contribution < -0.4 is 16.0 Å². The highest BCUT2D eigenvalue weighted by Gasteiger charge is 2.75. The zero-order valence-electron chi connectivity index (χ0n) is 26.7. The number of fused-ring (bicyclic) bond motifs is 1. The van der Waals surface area contributed by atoms with Crippen molar-refractivity contribution in [3.05, 3.63) is 0 Å². The molecule has 9 N–H and O–H groups in total. The van der Waals surface area contributed by atoms with Gasteiger partial charge in [0.25, 0.3) is 0 Å². The van der Waals surface area contributed by atoms with E-state index >= 15 is 0 Å². The van der Waals surface area contributed by atoms with E-state index in [4.69, 9.17) is 37.9 Å². The summed E-state index contributed by atoms with van der Waals surface area (Å²) >= 11 is 0. The normalized spacial score (nSPS) is 33.4. The number of aliphatic hydroxyl groups excluding tert-OH is 4. The van der Waals surface area contributed by atoms with Crippen molar-refractivity contribution in [2.45, 2.75) is 75.1 Å². The minimum atomic E-state index is -1.72. The molecule has 0 bridgehead atoms. The van der Waals surface area contributed by atoms with Gasteiger partial charge in [0, 0.05) is 25.7 Å². The molecule has 0 aromatic heterocycles. The molecular formula is C28H51N3O16. The molecule has 19 nitrogen and oxygen atoms in total. The second kappa shape index (κ2) is 20.1. The largest absolute Gasteiger partial charge is 0.394 e. The van der Waals surface area contributed by atoms with Crippen LogP contribution in [0.15, 0.2) is 0 Å². The van der Waals surface area contributed by atoms with E-state index in [9.17, 15) is 40.2 Å². The molecule has 3 fully saturated rings. The second-order valence-electron chi connectivity index (χ2n) is 11.4. The van der Waals surface area contributed by atoms with Gasteiger partial charge >= 0.3 is 0 Å². The average molecular weight is 686 g/mol. The second-order valence-corrected chi connectivity index (χ2v) is 11.4. The lowest BCUT2D eigenvalue weighted by Crippen LogP contribution is -2.58. The summed E-state index contributed by atoms with van der Waals surface area (Å²) in [4.78, 5) is 23.2. The summed E-state index contributed by atoms with van der Waals surface area (Å²) in [5.41, 5.74) is -1.63. The maximum Gasteiger partial charge on any atom is 0.217 e. The minimum absolute atomic E-state index is 0.0957. The Hall–Kier alpha value is -1.66. The van der Waals surface area contributed by atoms with Crippen molar-refractivity contribution in [3.8, 4) is 0 Å². The first-order valence-electron chi connectivity index (χ1n) is 15.6. The van der Waals surface area contributed by atoms with Gasteiger partial charge in [0.1, 0.15) is 11.7 Å². The zero-order chi connectivity index (χ0) is 34.4. The predicted molar refractivity (Wildman–Crippen MR) is 156 cm³/mol. The van der Waals surface area contributed by atoms with Crippen molar-refractivity contribution in [2.75, 3.05) is 79.5 Å². The number of nitrogens with one attached hydrogen (secondary N) is 3. The fourth-order valence-electron chi connectivity index (χ4n) is 5.72. The molecule has 47 heavy (non-hydrogen) atoms. The van der Waals surface area contributed by atoms with E-state index < -0.39 is 73.3 Å². The van der Waals surface area contributed by atoms with Crippen LogP contribution in [0, 0.1) is 11.8 Å². The van der Waals surface area contributed by atoms with Gasteiger partial charge in [0.2, 0.25) is 11.8 Å². The van der Waals surface area contributed by atoms with E-state index in [2.05, 4.69) is 16.0 Å². The molecule has 3 rings (SSSR count). The number of amides is 2. The first kappa shape index (κ1) is 39.8. The van der Waals surface area contributed by atoms with E-state index in [1.54, 1.807) is 0 Å². The molecule has 1 saturated carbocycles. The van der Waals surface area contributed by atoms with E-state index in [1.165, 1.54) is 13.8 Å². The molecule has 0 aromatic carbocycles. The van der Waals surface area contributed by atoms with Crippen molar-refractivity contribution < 1.29 is 78.1 Å². The maximum atomic E-state index is 11.6. The highest BCUT2D eigenvalue weighted by molar-refractivity contribution is 5.73. The Labute approximate surface area is 272 Å². The van der Waals surface area contributed by atoms with Crippen LogP contribution in [-0.4, -0.2) is 177 Å². The van der Waals surface area contributed by atoms with Crippen molar-refractivity contribution in [1.29, 1.82) is 0 Å². The molecular weight excluding hydrogens is 634 g/mol. The van der Waals surface area contributed by atoms with Gasteiger partial charge in [-0.2, -0.15) is 0 Å². The maximum absolute atomic E-state index is 11.6. The summed E-state index contributed by atoms with van der Waals surface area (Å²) in [5, 5.41) is 67.3. The van der Waals surface area contributed by atoms with E-state index in [0.29, 0.717) is 13.2 Å². The van der Waals surface area contributed by atoms with Gasteiger partial charge in [-0.25, -0.2) is 0 Å². The van der Waals surface area contributed by atoms with Gasteiger partial charge in [-0.3, -0.25) is 14.9 Å². The number of ether oxygens (including phenoxy) is 8. The molecule has 2 amide bonds. The number of aliphatic hydroxyl groups is 6. The van der Waals surface area contributed by atoms with E-state index in [0.717, 1.165) is 0 Å². The average Bonchev–Trinajstić information content (AvgIpc) is 3.59. The van der Waals surface area contributed by atoms with Gasteiger partial charge < -0.3 is 79.2 Å². The topological polar surface area (TPSA) is 265 Å². The third-order valence-corrected chi connectivity index (χ3v) is 8.01. The highest BCUT2D eigenvalue weighted by atomic mass is 16.7. The van der Waals surface area contributed by atoms with E-state index in [1.807, 2.05) is 0 Å². The molecule has 274 valence electrons. The fraction of sp³-hybridized carbons (Fsp3) is 0.929. The molecule has 0 spiro atoms. The summed E-state index contributed by atoms with van der Waals surface area (Å²) in [6.07, 6.45) is -6.39. The van der Waals surface area contributed by atoms with Gasteiger partial charge in [0.15, 0.2) is 18.9 Å². The van der Waals surface area contributed by atoms with Crippen LogP contribution >= 0.6 is 0 Å². The standard InChI is InChI=1S/C28H51N3O16/c1-16(34)30-22-19(25(37)38)11-18(12-32)46-26(22)44-9-7-40-3-5-42-14-29-15-43-6-4-41-8-10-45-27-23(31-17(2)35)21-24(36)28(21,39)20(13-33)47-27/h18-27,29,32-33,36-39H,3-15H2,1-2H3,(H,30,34)(H,31,35)/t18?,19?,20?,21-,22?,23?,24?,26+,27+,28?/m0/s1. The third kappa shape index (κ3) is 11.7. The Bertz CT molecular complexity index is 898. The van der Waals surface area contributed by atoms with Crippen LogP contribution in [0.3, 0.4) is 0 Å². The summed E-state index contributed by atoms with van der Waals surface area (Å²) in [6.45, 7) is 3.92. The summed E-state index contributed by atoms with van der Waals surface area (Å²) in [7, 11) is 0. The highest BCUT2D eigenvalue weighted by Crippen LogP contribution is 2.54. The molecule has 0 radical (unpaired) electrons. The fourth-order valence-corrected chi connectivity index (χ4v) is 5.72. The number of carbonyl (C=O) groups excluding carboxylic acids is 2. The third-order valence-electron chi connectivity index (χ3n) is 8.01. The summed E-state index contributed by atoms with van der Waals surface area (Å²) < 4.78 is 44.3. The van der Waals surface area contributed by atoms with Gasteiger partial charge in [0.05, 0.1) is 104 Å². The number of hydrogen-bond acceptors (Lipinski definition) is 17. The Morgan fingerprint density at radius 2 is 1.30 bits per heavy atom. The van der Waals surface area contributed by atoms with Crippen LogP contribution in [0.5, 0.6) is 0 Å². The molecule has 7 unspecified atom stereocenters. The van der Waals surface area contributed by atoms with Gasteiger partial charge in [-0.05, 0) is 6.42 Å². The molecule has 3 aliphatic rings. The monoisotopic (exact) mass is 685 g/mol. The van der Waals surface area contributed by atoms with Crippen molar-refractivity contribution in [1.82, 2.24) is 16.0 Å². The molecule has 10 atom stereocenters. The molecule has 1 aliphatic carbocycles. The smallest absolute Gasteiger partial charge is 0.217 e. The first-order valence-corrected chi connectivity index (χ1v) is 15.6. The number of hydrogen-bond donors (Lipinski definition) is 9. The van der Waals surface area contributed by atoms with Crippen LogP contribution in [0.2, 0.25) is 0 Å². The Kier molecular flexibility index (Phi) is 17.0. The molecule has 19 heteroatoms. The summed E-state index contributed by atoms with van der Waals surface area (Å²) in [6, 6.07) is -1.59. The zero-order valence-corrected chi connectivity index (χ0v) is 26.7. The molecule has 2 aliphatic heterocycles. The number of rotatable bonds is 23. The Morgan fingerprint density at radius 3 is 1.81 bits per heavy atom. The molecule has 2 heterocycles. The minimum Gasteiger partial charge on any atom is -0.394 e. The molecule has 0 aromatic rings. The lowest BCUT2D eigenvalue weighted by Gasteiger charge is -2.42. The van der Waals surface area contributed by atoms with Crippen molar-refractivity contribution >= 4 is 11.8 Å². The summed E-state index contributed by atoms with van der Waals surface area (Å²) in [5.74, 6) is -2.24. The van der Waals surface area contributed by atoms with Gasteiger partial charge in [-0.1, -0.05) is 0 Å². The van der Waals surface area contributed by atoms with E-state index in [-0.39, 0.29) is 77.9 Å². The lowest BCUT2D eigenvalue weighted by atomic mass is 9.89. The quantitative estimate of drug-likeness (QED) is 0.0360. The van der Waals surface area contributed by atoms with Crippen LogP contribution in [0.25, 0.3) is 0 Å². The van der Waals surface area contributed by atoms with Crippen LogP contribution in [0.4, 0.5) is 0 Å². The SMILES string of the molecule is CC(=O)NC1C(C(O)O)CC(CO)O[C@H]1OCCOCCOCNCOCCOCCO[C@@H]1OC(CO)C2(O)C(O)[C@@H]2C1NC(C)=O. The van der Waals surface area contributed by atoms with Crippen molar-refractivity contribution in [2.24, 2.45) is 11.8 Å². The number of carbonyl (C=O) groups is 2. The lowest BCUT2D eigenvalue weighted by molar-refractivity contribution is -0.253. The Balaban J connectivity index is 1.15. The molecule has 2 saturated heterocycles. The Morgan fingerprint density at radius 1 is 0.787 bits per heavy atom. The predicted octanol–water partition coefficient (Wildman–Crippen LogP) is -4.93. The van der Waals surface area contributed by atoms with Gasteiger partial charge in [-0.15, -0.1) is 0 Å². The van der Waals surface area contributed by atoms with Crippen LogP contribution in [0.1, 0.15) is 20.3 Å². The first-order chi connectivity index (χ1) is 22.5. The van der Waals surface area contributed by atoms with Crippen molar-refractivity contribution in [3.63, 3.8) is 0 Å².